The van der Waals surface area contributed by atoms with Crippen LogP contribution in [0.15, 0.2) is 57.4 Å². The van der Waals surface area contributed by atoms with Crippen LogP contribution in [0.2, 0.25) is 10.0 Å². The lowest BCUT2D eigenvalue weighted by Gasteiger charge is -2.43. The van der Waals surface area contributed by atoms with E-state index in [2.05, 4.69) is 25.0 Å². The molecule has 1 N–H and O–H groups in total. The van der Waals surface area contributed by atoms with Crippen molar-refractivity contribution in [3.05, 3.63) is 68.6 Å². The van der Waals surface area contributed by atoms with Gasteiger partial charge < -0.3 is 9.47 Å². The maximum absolute atomic E-state index is 12.2. The Hall–Kier alpha value is -0.650. The Morgan fingerprint density at radius 2 is 1.46 bits per heavy atom. The van der Waals surface area contributed by atoms with E-state index < -0.39 is 22.0 Å². The largest absolute Gasteiger partial charge is 0.377 e. The minimum atomic E-state index is -1.14. The third-order valence-corrected chi connectivity index (χ3v) is 9.10. The monoisotopic (exact) mass is 652 g/mol. The van der Waals surface area contributed by atoms with Gasteiger partial charge in [-0.25, -0.2) is 13.1 Å². The summed E-state index contributed by atoms with van der Waals surface area (Å²) in [5.74, 6) is 0. The molecule has 2 fully saturated rings. The summed E-state index contributed by atoms with van der Waals surface area (Å²) in [6.07, 6.45) is 0. The van der Waals surface area contributed by atoms with Gasteiger partial charge in [0.25, 0.3) is 0 Å². The molecule has 0 amide bonds. The Bertz CT molecular complexity index is 1110. The lowest BCUT2D eigenvalue weighted by molar-refractivity contribution is -0.0659. The van der Waals surface area contributed by atoms with E-state index >= 15 is 0 Å². The molecule has 2 atom stereocenters. The first-order chi connectivity index (χ1) is 17.1. The number of rotatable bonds is 4. The van der Waals surface area contributed by atoms with Crippen LogP contribution in [-0.4, -0.2) is 50.1 Å². The second-order valence-corrected chi connectivity index (χ2v) is 16.2. The van der Waals surface area contributed by atoms with E-state index in [-0.39, 0.29) is 15.0 Å². The summed E-state index contributed by atoms with van der Waals surface area (Å²) in [6, 6.07) is 15.1. The number of nitrogens with zero attached hydrogens (tertiary/aromatic N) is 1. The van der Waals surface area contributed by atoms with Crippen LogP contribution < -0.4 is 4.72 Å². The van der Waals surface area contributed by atoms with Crippen LogP contribution in [0.3, 0.4) is 0 Å². The average Bonchev–Trinajstić information content (AvgIpc) is 2.72. The highest BCUT2D eigenvalue weighted by atomic mass is 79.9. The van der Waals surface area contributed by atoms with Crippen LogP contribution in [0.5, 0.6) is 0 Å². The lowest BCUT2D eigenvalue weighted by Crippen LogP contribution is -2.59. The summed E-state index contributed by atoms with van der Waals surface area (Å²) in [5, 5.41) is 1.45. The molecular weight excluding hydrogens is 619 g/mol. The van der Waals surface area contributed by atoms with E-state index in [0.717, 1.165) is 20.8 Å². The Kier molecular flexibility index (Phi) is 12.4. The highest BCUT2D eigenvalue weighted by Crippen LogP contribution is 2.32. The lowest BCUT2D eigenvalue weighted by atomic mass is 9.89. The van der Waals surface area contributed by atoms with Gasteiger partial charge in [-0.15, -0.1) is 0 Å². The van der Waals surface area contributed by atoms with Crippen molar-refractivity contribution < 1.29 is 17.9 Å². The molecule has 0 saturated carbocycles. The van der Waals surface area contributed by atoms with Crippen LogP contribution in [0, 0.1) is 0 Å². The van der Waals surface area contributed by atoms with Crippen LogP contribution in [0.4, 0.5) is 0 Å². The van der Waals surface area contributed by atoms with Crippen LogP contribution in [-0.2, 0) is 37.0 Å². The standard InChI is InChI=1S/C13H18ClNO2S.C7H13NO2S.C6H4BrCl/c1-12(2,3)18(16)15-13(8-17-9-13)10-5-4-6-11(14)7-10;1-7(2,3)11(9)8-6-4-10-5-6;7-5-2-1-3-6(8)4-5/h4-7,15H,8-9H2,1-3H3;4-5H2,1-3H3;1-4H. The van der Waals surface area contributed by atoms with Crippen molar-refractivity contribution in [3.8, 4) is 0 Å². The summed E-state index contributed by atoms with van der Waals surface area (Å²) in [5.41, 5.74) is 1.57. The predicted octanol–water partition coefficient (Wildman–Crippen LogP) is 6.64. The molecule has 2 unspecified atom stereocenters. The maximum Gasteiger partial charge on any atom is 0.144 e. The molecule has 2 aliphatic heterocycles. The summed E-state index contributed by atoms with van der Waals surface area (Å²) < 4.78 is 41.5. The van der Waals surface area contributed by atoms with Gasteiger partial charge in [-0.1, -0.05) is 57.3 Å². The minimum Gasteiger partial charge on any atom is -0.377 e. The van der Waals surface area contributed by atoms with Gasteiger partial charge in [0.1, 0.15) is 16.5 Å². The fourth-order valence-corrected chi connectivity index (χ4v) is 5.09. The Labute approximate surface area is 244 Å². The zero-order chi connectivity index (χ0) is 27.9. The van der Waals surface area contributed by atoms with E-state index in [1.165, 1.54) is 0 Å². The van der Waals surface area contributed by atoms with Crippen molar-refractivity contribution in [1.29, 1.82) is 0 Å². The molecule has 0 bridgehead atoms. The van der Waals surface area contributed by atoms with E-state index in [4.69, 9.17) is 32.7 Å². The molecule has 37 heavy (non-hydrogen) atoms. The molecule has 0 aromatic heterocycles. The zero-order valence-corrected chi connectivity index (χ0v) is 26.7. The first kappa shape index (κ1) is 32.6. The number of halogens is 3. The molecule has 2 heterocycles. The van der Waals surface area contributed by atoms with Crippen molar-refractivity contribution in [3.63, 3.8) is 0 Å². The van der Waals surface area contributed by atoms with E-state index in [0.29, 0.717) is 31.5 Å². The molecule has 2 aromatic rings. The number of hydrogen-bond donors (Lipinski definition) is 1. The molecule has 206 valence electrons. The van der Waals surface area contributed by atoms with E-state index in [9.17, 15) is 8.42 Å². The van der Waals surface area contributed by atoms with Gasteiger partial charge in [0, 0.05) is 14.5 Å². The summed E-state index contributed by atoms with van der Waals surface area (Å²) in [4.78, 5) is 0. The van der Waals surface area contributed by atoms with Gasteiger partial charge in [-0.3, -0.25) is 0 Å². The molecule has 2 aliphatic rings. The molecular formula is C26H35BrCl2N2O4S2. The van der Waals surface area contributed by atoms with Crippen molar-refractivity contribution in [2.24, 2.45) is 4.40 Å². The highest BCUT2D eigenvalue weighted by molar-refractivity contribution is 9.10. The maximum atomic E-state index is 12.2. The third kappa shape index (κ3) is 10.8. The number of hydrogen-bond acceptors (Lipinski definition) is 4. The smallest absolute Gasteiger partial charge is 0.144 e. The van der Waals surface area contributed by atoms with Gasteiger partial charge in [-0.2, -0.15) is 4.40 Å². The average molecular weight is 655 g/mol. The Morgan fingerprint density at radius 3 is 1.81 bits per heavy atom. The van der Waals surface area contributed by atoms with Gasteiger partial charge in [0.05, 0.1) is 52.6 Å². The van der Waals surface area contributed by atoms with E-state index in [1.807, 2.05) is 90.1 Å². The van der Waals surface area contributed by atoms with Gasteiger partial charge in [0.2, 0.25) is 0 Å². The molecule has 2 saturated heterocycles. The molecule has 0 aliphatic carbocycles. The summed E-state index contributed by atoms with van der Waals surface area (Å²) in [7, 11) is -2.24. The summed E-state index contributed by atoms with van der Waals surface area (Å²) >= 11 is 14.9. The number of ether oxygens (including phenoxy) is 2. The fraction of sp³-hybridized carbons (Fsp3) is 0.500. The third-order valence-electron chi connectivity index (χ3n) is 4.98. The SMILES string of the molecule is CC(C)(C)S(=O)N=C1COC1.CC(C)(C)S(=O)NC1(c2cccc(Cl)c2)COC1.Clc1cccc(Br)c1. The Balaban J connectivity index is 0.000000215. The second kappa shape index (κ2) is 14.1. The summed E-state index contributed by atoms with van der Waals surface area (Å²) in [6.45, 7) is 13.7. The topological polar surface area (TPSA) is 77.0 Å². The normalized spacial score (nSPS) is 18.0. The fourth-order valence-electron chi connectivity index (χ4n) is 2.67. The minimum absolute atomic E-state index is 0.247. The van der Waals surface area contributed by atoms with Crippen molar-refractivity contribution in [2.45, 2.75) is 56.6 Å². The van der Waals surface area contributed by atoms with Crippen molar-refractivity contribution in [2.75, 3.05) is 26.4 Å². The molecule has 4 rings (SSSR count). The number of nitrogens with one attached hydrogen (secondary N) is 1. The Morgan fingerprint density at radius 1 is 0.892 bits per heavy atom. The molecule has 0 radical (unpaired) electrons. The van der Waals surface area contributed by atoms with Gasteiger partial charge >= 0.3 is 0 Å². The molecule has 2 aromatic carbocycles. The molecule has 11 heteroatoms. The second-order valence-electron chi connectivity index (χ2n) is 10.5. The molecule has 6 nitrogen and oxygen atoms in total. The molecule has 0 spiro atoms. The first-order valence-corrected chi connectivity index (χ1v) is 15.4. The van der Waals surface area contributed by atoms with Gasteiger partial charge in [0.15, 0.2) is 0 Å². The van der Waals surface area contributed by atoms with E-state index in [1.54, 1.807) is 0 Å². The first-order valence-electron chi connectivity index (χ1n) is 11.6. The zero-order valence-electron chi connectivity index (χ0n) is 22.0. The predicted molar refractivity (Wildman–Crippen MR) is 160 cm³/mol. The quantitative estimate of drug-likeness (QED) is 0.401. The highest BCUT2D eigenvalue weighted by Gasteiger charge is 2.43. The van der Waals surface area contributed by atoms with Crippen LogP contribution >= 0.6 is 39.1 Å². The van der Waals surface area contributed by atoms with Crippen LogP contribution in [0.1, 0.15) is 47.1 Å². The van der Waals surface area contributed by atoms with Crippen molar-refractivity contribution >= 4 is 66.8 Å². The number of benzene rings is 2. The van der Waals surface area contributed by atoms with Gasteiger partial charge in [-0.05, 0) is 77.4 Å². The van der Waals surface area contributed by atoms with Crippen molar-refractivity contribution in [1.82, 2.24) is 4.72 Å². The van der Waals surface area contributed by atoms with Crippen LogP contribution in [0.25, 0.3) is 0 Å².